The number of aliphatic hydroxyl groups excluding tert-OH is 1. The van der Waals surface area contributed by atoms with Crippen LogP contribution in [-0.2, 0) is 6.54 Å². The highest BCUT2D eigenvalue weighted by atomic mass is 79.9. The Hall–Kier alpha value is -1.56. The van der Waals surface area contributed by atoms with Crippen molar-refractivity contribution in [3.8, 4) is 0 Å². The lowest BCUT2D eigenvalue weighted by Crippen LogP contribution is -2.26. The molecule has 0 aromatic carbocycles. The van der Waals surface area contributed by atoms with Gasteiger partial charge in [-0.15, -0.1) is 0 Å². The Kier molecular flexibility index (Phi) is 3.56. The summed E-state index contributed by atoms with van der Waals surface area (Å²) in [6.45, 7) is 4.99. The summed E-state index contributed by atoms with van der Waals surface area (Å²) in [5.41, 5.74) is 7.74. The molecule has 0 spiro atoms. The molecule has 5 nitrogen and oxygen atoms in total. The number of nitrogens with zero attached hydrogens (tertiary/aromatic N) is 3. The molecule has 0 atom stereocenters. The molecule has 96 valence electrons. The molecule has 0 amide bonds. The lowest BCUT2D eigenvalue weighted by Gasteiger charge is -2.28. The Balaban J connectivity index is 2.19. The van der Waals surface area contributed by atoms with Gasteiger partial charge >= 0.3 is 0 Å². The van der Waals surface area contributed by atoms with Crippen LogP contribution in [0.25, 0.3) is 0 Å². The number of aliphatic hydroxyl groups is 1. The number of hydrogen-bond acceptors (Lipinski definition) is 5. The van der Waals surface area contributed by atoms with Crippen LogP contribution in [0.4, 0.5) is 5.82 Å². The average Bonchev–Trinajstić information content (AvgIpc) is 2.29. The zero-order valence-electron chi connectivity index (χ0n) is 10.3. The SMILES string of the molecule is CC1=CC(O)=C(Br)CN1Cc1cnc(C)nc1N. The van der Waals surface area contributed by atoms with Crippen LogP contribution in [0.5, 0.6) is 0 Å². The van der Waals surface area contributed by atoms with Crippen molar-refractivity contribution in [1.29, 1.82) is 0 Å². The van der Waals surface area contributed by atoms with Crippen molar-refractivity contribution in [3.05, 3.63) is 39.6 Å². The number of nitrogens with two attached hydrogens (primary N) is 1. The van der Waals surface area contributed by atoms with Crippen LogP contribution in [0, 0.1) is 6.92 Å². The summed E-state index contributed by atoms with van der Waals surface area (Å²) in [6, 6.07) is 0. The highest BCUT2D eigenvalue weighted by molar-refractivity contribution is 9.11. The molecule has 2 rings (SSSR count). The molecule has 3 N–H and O–H groups in total. The second-order valence-corrected chi connectivity index (χ2v) is 5.22. The molecule has 1 aromatic heterocycles. The molecule has 0 saturated carbocycles. The number of halogens is 1. The topological polar surface area (TPSA) is 75.3 Å². The second kappa shape index (κ2) is 4.97. The van der Waals surface area contributed by atoms with E-state index >= 15 is 0 Å². The van der Waals surface area contributed by atoms with Crippen molar-refractivity contribution in [1.82, 2.24) is 14.9 Å². The van der Waals surface area contributed by atoms with Crippen LogP contribution in [0.1, 0.15) is 18.3 Å². The highest BCUT2D eigenvalue weighted by Gasteiger charge is 2.17. The summed E-state index contributed by atoms with van der Waals surface area (Å²) in [7, 11) is 0. The highest BCUT2D eigenvalue weighted by Crippen LogP contribution is 2.25. The monoisotopic (exact) mass is 310 g/mol. The number of hydrogen-bond donors (Lipinski definition) is 2. The lowest BCUT2D eigenvalue weighted by atomic mass is 10.2. The van der Waals surface area contributed by atoms with Gasteiger partial charge in [-0.1, -0.05) is 0 Å². The predicted molar refractivity (Wildman–Crippen MR) is 73.9 cm³/mol. The molecule has 0 unspecified atom stereocenters. The first kappa shape index (κ1) is 12.9. The third kappa shape index (κ3) is 2.64. The molecule has 1 aliphatic heterocycles. The Bertz CT molecular complexity index is 539. The van der Waals surface area contributed by atoms with Crippen molar-refractivity contribution in [3.63, 3.8) is 0 Å². The van der Waals surface area contributed by atoms with Gasteiger partial charge in [-0.3, -0.25) is 0 Å². The maximum Gasteiger partial charge on any atom is 0.132 e. The Morgan fingerprint density at radius 2 is 2.22 bits per heavy atom. The van der Waals surface area contributed by atoms with Crippen molar-refractivity contribution in [2.24, 2.45) is 0 Å². The first-order valence-corrected chi connectivity index (χ1v) is 6.35. The van der Waals surface area contributed by atoms with Crippen LogP contribution in [-0.4, -0.2) is 26.5 Å². The van der Waals surface area contributed by atoms with Crippen LogP contribution >= 0.6 is 15.9 Å². The zero-order valence-corrected chi connectivity index (χ0v) is 11.9. The van der Waals surface area contributed by atoms with Gasteiger partial charge < -0.3 is 15.7 Å². The maximum atomic E-state index is 9.60. The third-order valence-electron chi connectivity index (χ3n) is 2.83. The van der Waals surface area contributed by atoms with Crippen LogP contribution in [0.15, 0.2) is 28.2 Å². The maximum absolute atomic E-state index is 9.60. The van der Waals surface area contributed by atoms with E-state index in [1.165, 1.54) is 0 Å². The first-order valence-electron chi connectivity index (χ1n) is 5.56. The summed E-state index contributed by atoms with van der Waals surface area (Å²) in [5.74, 6) is 1.45. The van der Waals surface area contributed by atoms with Gasteiger partial charge in [0.25, 0.3) is 0 Å². The minimum atomic E-state index is 0.275. The van der Waals surface area contributed by atoms with E-state index in [4.69, 9.17) is 5.73 Å². The van der Waals surface area contributed by atoms with Gasteiger partial charge in [-0.2, -0.15) is 0 Å². The molecule has 1 aromatic rings. The smallest absolute Gasteiger partial charge is 0.132 e. The van der Waals surface area contributed by atoms with E-state index in [1.54, 1.807) is 12.3 Å². The molecule has 18 heavy (non-hydrogen) atoms. The van der Waals surface area contributed by atoms with Gasteiger partial charge in [0.2, 0.25) is 0 Å². The number of rotatable bonds is 2. The molecule has 0 bridgehead atoms. The molecule has 0 saturated heterocycles. The number of allylic oxidation sites excluding steroid dienone is 2. The fourth-order valence-corrected chi connectivity index (χ4v) is 2.18. The first-order chi connectivity index (χ1) is 8.47. The predicted octanol–water partition coefficient (Wildman–Crippen LogP) is 2.25. The minimum Gasteiger partial charge on any atom is -0.507 e. The van der Waals surface area contributed by atoms with E-state index in [9.17, 15) is 5.11 Å². The summed E-state index contributed by atoms with van der Waals surface area (Å²) in [5, 5.41) is 9.60. The summed E-state index contributed by atoms with van der Waals surface area (Å²) >= 11 is 3.35. The van der Waals surface area contributed by atoms with Crippen LogP contribution < -0.4 is 5.73 Å². The molecule has 6 heteroatoms. The molecule has 0 aliphatic carbocycles. The van der Waals surface area contributed by atoms with Gasteiger partial charge in [0.1, 0.15) is 17.4 Å². The quantitative estimate of drug-likeness (QED) is 0.876. The molecule has 1 aliphatic rings. The van der Waals surface area contributed by atoms with E-state index in [-0.39, 0.29) is 5.76 Å². The third-order valence-corrected chi connectivity index (χ3v) is 3.49. The van der Waals surface area contributed by atoms with E-state index in [0.717, 1.165) is 15.7 Å². The molecule has 2 heterocycles. The Morgan fingerprint density at radius 3 is 2.89 bits per heavy atom. The standard InChI is InChI=1S/C12H15BrN4O/c1-7-3-11(18)10(13)6-17(7)5-9-4-15-8(2)16-12(9)14/h3-4,18H,5-6H2,1-2H3,(H2,14,15,16). The van der Waals surface area contributed by atoms with Gasteiger partial charge in [-0.05, 0) is 35.9 Å². The normalized spacial score (nSPS) is 15.9. The van der Waals surface area contributed by atoms with E-state index < -0.39 is 0 Å². The number of aryl methyl sites for hydroxylation is 1. The largest absolute Gasteiger partial charge is 0.507 e. The number of anilines is 1. The van der Waals surface area contributed by atoms with Crippen molar-refractivity contribution in [2.75, 3.05) is 12.3 Å². The van der Waals surface area contributed by atoms with Gasteiger partial charge in [0.15, 0.2) is 0 Å². The van der Waals surface area contributed by atoms with Gasteiger partial charge in [0, 0.05) is 24.0 Å². The van der Waals surface area contributed by atoms with E-state index in [0.29, 0.717) is 24.7 Å². The fraction of sp³-hybridized carbons (Fsp3) is 0.333. The van der Waals surface area contributed by atoms with Gasteiger partial charge in [-0.25, -0.2) is 9.97 Å². The van der Waals surface area contributed by atoms with Crippen molar-refractivity contribution in [2.45, 2.75) is 20.4 Å². The van der Waals surface area contributed by atoms with Crippen molar-refractivity contribution < 1.29 is 5.11 Å². The molecular formula is C12H15BrN4O. The van der Waals surface area contributed by atoms with Gasteiger partial charge in [0.05, 0.1) is 11.0 Å². The fourth-order valence-electron chi connectivity index (χ4n) is 1.76. The summed E-state index contributed by atoms with van der Waals surface area (Å²) < 4.78 is 0.764. The van der Waals surface area contributed by atoms with E-state index in [1.807, 2.05) is 13.8 Å². The minimum absolute atomic E-state index is 0.275. The Labute approximate surface area is 114 Å². The van der Waals surface area contributed by atoms with E-state index in [2.05, 4.69) is 30.8 Å². The molecular weight excluding hydrogens is 296 g/mol. The number of nitrogen functional groups attached to an aromatic ring is 1. The van der Waals surface area contributed by atoms with Crippen molar-refractivity contribution >= 4 is 21.7 Å². The molecule has 0 fully saturated rings. The number of aromatic nitrogens is 2. The Morgan fingerprint density at radius 1 is 1.50 bits per heavy atom. The summed E-state index contributed by atoms with van der Waals surface area (Å²) in [6.07, 6.45) is 3.47. The zero-order chi connectivity index (χ0) is 13.3. The summed E-state index contributed by atoms with van der Waals surface area (Å²) in [4.78, 5) is 10.4. The molecule has 0 radical (unpaired) electrons. The second-order valence-electron chi connectivity index (χ2n) is 4.26. The lowest BCUT2D eigenvalue weighted by molar-refractivity contribution is 0.340. The van der Waals surface area contributed by atoms with Crippen LogP contribution in [0.3, 0.4) is 0 Å². The average molecular weight is 311 g/mol. The van der Waals surface area contributed by atoms with Crippen LogP contribution in [0.2, 0.25) is 0 Å².